The van der Waals surface area contributed by atoms with Crippen molar-refractivity contribution < 1.29 is 13.9 Å². The highest BCUT2D eigenvalue weighted by atomic mass is 19.1. The molecule has 0 aliphatic rings. The molecule has 9 heteroatoms. The average molecular weight is 458 g/mol. The van der Waals surface area contributed by atoms with E-state index in [2.05, 4.69) is 15.4 Å². The number of rotatable bonds is 7. The van der Waals surface area contributed by atoms with E-state index in [0.29, 0.717) is 18.2 Å². The third kappa shape index (κ3) is 3.97. The van der Waals surface area contributed by atoms with Gasteiger partial charge in [-0.15, -0.1) is 0 Å². The Balaban J connectivity index is 1.55. The molecular formula is C25H23FN6O2. The van der Waals surface area contributed by atoms with Crippen LogP contribution in [0.2, 0.25) is 0 Å². The van der Waals surface area contributed by atoms with E-state index in [1.807, 2.05) is 47.9 Å². The molecular weight excluding hydrogens is 435 g/mol. The first-order valence-electron chi connectivity index (χ1n) is 10.7. The van der Waals surface area contributed by atoms with Gasteiger partial charge in [0.1, 0.15) is 29.4 Å². The molecule has 34 heavy (non-hydrogen) atoms. The van der Waals surface area contributed by atoms with Gasteiger partial charge < -0.3 is 14.8 Å². The van der Waals surface area contributed by atoms with Crippen LogP contribution in [0.1, 0.15) is 11.5 Å². The summed E-state index contributed by atoms with van der Waals surface area (Å²) in [7, 11) is 3.26. The zero-order chi connectivity index (χ0) is 23.7. The smallest absolute Gasteiger partial charge is 0.161 e. The number of nitrogens with one attached hydrogen (secondary N) is 1. The second-order valence-electron chi connectivity index (χ2n) is 7.71. The maximum Gasteiger partial charge on any atom is 0.161 e. The van der Waals surface area contributed by atoms with Crippen LogP contribution in [0.4, 0.5) is 15.8 Å². The minimum absolute atomic E-state index is 0.290. The molecule has 3 heterocycles. The van der Waals surface area contributed by atoms with Crippen LogP contribution in [0.15, 0.2) is 67.1 Å². The summed E-state index contributed by atoms with van der Waals surface area (Å²) in [5.41, 5.74) is 5.58. The van der Waals surface area contributed by atoms with Gasteiger partial charge in [0.15, 0.2) is 5.65 Å². The Kier molecular flexibility index (Phi) is 5.69. The summed E-state index contributed by atoms with van der Waals surface area (Å²) in [6, 6.07) is 16.0. The van der Waals surface area contributed by atoms with E-state index in [9.17, 15) is 4.39 Å². The van der Waals surface area contributed by atoms with Gasteiger partial charge in [-0.25, -0.2) is 19.0 Å². The maximum absolute atomic E-state index is 13.5. The van der Waals surface area contributed by atoms with Crippen LogP contribution in [-0.4, -0.2) is 38.4 Å². The molecule has 3 aromatic heterocycles. The molecule has 0 amide bonds. The van der Waals surface area contributed by atoms with Gasteiger partial charge in [0.05, 0.1) is 30.8 Å². The van der Waals surface area contributed by atoms with Crippen LogP contribution in [0.3, 0.4) is 0 Å². The van der Waals surface area contributed by atoms with Crippen molar-refractivity contribution in [3.63, 3.8) is 0 Å². The molecule has 8 nitrogen and oxygen atoms in total. The van der Waals surface area contributed by atoms with Crippen molar-refractivity contribution >= 4 is 17.0 Å². The summed E-state index contributed by atoms with van der Waals surface area (Å²) < 4.78 is 28.2. The van der Waals surface area contributed by atoms with Crippen molar-refractivity contribution in [3.8, 4) is 22.7 Å². The number of methoxy groups -OCH3 is 2. The highest BCUT2D eigenvalue weighted by Crippen LogP contribution is 2.32. The van der Waals surface area contributed by atoms with Crippen LogP contribution in [0, 0.1) is 12.7 Å². The molecule has 5 rings (SSSR count). The van der Waals surface area contributed by atoms with E-state index in [4.69, 9.17) is 14.5 Å². The Morgan fingerprint density at radius 1 is 1.06 bits per heavy atom. The summed E-state index contributed by atoms with van der Waals surface area (Å²) in [5.74, 6) is 1.04. The molecule has 1 N–H and O–H groups in total. The lowest BCUT2D eigenvalue weighted by Gasteiger charge is -2.12. The Morgan fingerprint density at radius 2 is 1.88 bits per heavy atom. The molecule has 172 valence electrons. The topological polar surface area (TPSA) is 78.5 Å². The van der Waals surface area contributed by atoms with Crippen molar-refractivity contribution in [3.05, 3.63) is 84.5 Å². The monoisotopic (exact) mass is 458 g/mol. The van der Waals surface area contributed by atoms with Crippen molar-refractivity contribution in [2.24, 2.45) is 0 Å². The van der Waals surface area contributed by atoms with E-state index in [1.54, 1.807) is 37.4 Å². The largest absolute Gasteiger partial charge is 0.494 e. The van der Waals surface area contributed by atoms with Crippen molar-refractivity contribution in [1.82, 2.24) is 24.1 Å². The summed E-state index contributed by atoms with van der Waals surface area (Å²) in [4.78, 5) is 9.07. The number of imidazole rings is 1. The molecule has 0 radical (unpaired) electrons. The van der Waals surface area contributed by atoms with E-state index in [1.165, 1.54) is 12.1 Å². The molecule has 0 spiro atoms. The quantitative estimate of drug-likeness (QED) is 0.373. The predicted molar refractivity (Wildman–Crippen MR) is 127 cm³/mol. The van der Waals surface area contributed by atoms with Gasteiger partial charge in [-0.3, -0.25) is 4.40 Å². The Labute approximate surface area is 195 Å². The van der Waals surface area contributed by atoms with E-state index in [0.717, 1.165) is 39.7 Å². The molecule has 0 atom stereocenters. The fraction of sp³-hybridized carbons (Fsp3) is 0.160. The molecule has 0 unspecified atom stereocenters. The highest BCUT2D eigenvalue weighted by molar-refractivity contribution is 5.79. The standard InChI is InChI=1S/C25H23FN6O2/c1-16-27-15-32(30-16)21-11-10-19(13-23(21)34-3)28-20-5-4-12-31-22(14-33-2)24(29-25(20)31)17-6-8-18(26)9-7-17/h4-13,15,28H,14H2,1-3H3. The molecule has 2 aromatic carbocycles. The van der Waals surface area contributed by atoms with E-state index < -0.39 is 0 Å². The summed E-state index contributed by atoms with van der Waals surface area (Å²) in [6.45, 7) is 2.19. The molecule has 0 aliphatic carbocycles. The molecule has 0 aliphatic heterocycles. The van der Waals surface area contributed by atoms with Crippen LogP contribution in [-0.2, 0) is 11.3 Å². The van der Waals surface area contributed by atoms with Crippen LogP contribution >= 0.6 is 0 Å². The zero-order valence-corrected chi connectivity index (χ0v) is 19.0. The van der Waals surface area contributed by atoms with Gasteiger partial charge in [0, 0.05) is 30.6 Å². The number of anilines is 2. The first-order chi connectivity index (χ1) is 16.6. The number of aromatic nitrogens is 5. The molecule has 5 aromatic rings. The normalized spacial score (nSPS) is 11.2. The first kappa shape index (κ1) is 21.6. The Hall–Kier alpha value is -4.24. The second kappa shape index (κ2) is 8.95. The van der Waals surface area contributed by atoms with Gasteiger partial charge in [0.2, 0.25) is 0 Å². The number of hydrogen-bond acceptors (Lipinski definition) is 6. The van der Waals surface area contributed by atoms with Crippen LogP contribution in [0.5, 0.6) is 5.75 Å². The predicted octanol–water partition coefficient (Wildman–Crippen LogP) is 4.93. The molecule has 0 fully saturated rings. The summed E-state index contributed by atoms with van der Waals surface area (Å²) in [6.07, 6.45) is 3.59. The minimum atomic E-state index is -0.290. The number of benzene rings is 2. The number of nitrogens with zero attached hydrogens (tertiary/aromatic N) is 5. The number of halogens is 1. The zero-order valence-electron chi connectivity index (χ0n) is 19.0. The Bertz CT molecular complexity index is 1460. The number of fused-ring (bicyclic) bond motifs is 1. The van der Waals surface area contributed by atoms with Crippen molar-refractivity contribution in [2.45, 2.75) is 13.5 Å². The average Bonchev–Trinajstić information content (AvgIpc) is 3.44. The second-order valence-corrected chi connectivity index (χ2v) is 7.71. The number of aryl methyl sites for hydroxylation is 1. The lowest BCUT2D eigenvalue weighted by molar-refractivity contribution is 0.181. The summed E-state index contributed by atoms with van der Waals surface area (Å²) >= 11 is 0. The molecule has 0 saturated heterocycles. The van der Waals surface area contributed by atoms with Crippen LogP contribution in [0.25, 0.3) is 22.6 Å². The van der Waals surface area contributed by atoms with Gasteiger partial charge in [-0.2, -0.15) is 5.10 Å². The Morgan fingerprint density at radius 3 is 2.59 bits per heavy atom. The van der Waals surface area contributed by atoms with Gasteiger partial charge >= 0.3 is 0 Å². The summed E-state index contributed by atoms with van der Waals surface area (Å²) in [5, 5.41) is 7.80. The fourth-order valence-electron chi connectivity index (χ4n) is 3.89. The van der Waals surface area contributed by atoms with Gasteiger partial charge in [-0.05, 0) is 55.5 Å². The van der Waals surface area contributed by atoms with Crippen LogP contribution < -0.4 is 10.1 Å². The lowest BCUT2D eigenvalue weighted by atomic mass is 10.1. The number of pyridine rings is 1. The van der Waals surface area contributed by atoms with E-state index >= 15 is 0 Å². The van der Waals surface area contributed by atoms with Crippen molar-refractivity contribution in [2.75, 3.05) is 19.5 Å². The lowest BCUT2D eigenvalue weighted by Crippen LogP contribution is -2.01. The van der Waals surface area contributed by atoms with Gasteiger partial charge in [0.25, 0.3) is 0 Å². The highest BCUT2D eigenvalue weighted by Gasteiger charge is 2.17. The number of ether oxygens (including phenoxy) is 2. The molecule has 0 bridgehead atoms. The fourth-order valence-corrected chi connectivity index (χ4v) is 3.89. The minimum Gasteiger partial charge on any atom is -0.494 e. The first-order valence-corrected chi connectivity index (χ1v) is 10.7. The SMILES string of the molecule is COCc1c(-c2ccc(F)cc2)nc2c(Nc3ccc(-n4cnc(C)n4)c(OC)c3)cccn12. The van der Waals surface area contributed by atoms with E-state index in [-0.39, 0.29) is 5.82 Å². The third-order valence-corrected chi connectivity index (χ3v) is 5.46. The van der Waals surface area contributed by atoms with Crippen molar-refractivity contribution in [1.29, 1.82) is 0 Å². The third-order valence-electron chi connectivity index (χ3n) is 5.46. The number of hydrogen-bond donors (Lipinski definition) is 1. The molecule has 0 saturated carbocycles. The maximum atomic E-state index is 13.5. The van der Waals surface area contributed by atoms with Gasteiger partial charge in [-0.1, -0.05) is 0 Å².